The summed E-state index contributed by atoms with van der Waals surface area (Å²) in [5, 5.41) is 9.77. The number of alkyl halides is 1. The van der Waals surface area contributed by atoms with Gasteiger partial charge in [-0.1, -0.05) is 44.0 Å². The van der Waals surface area contributed by atoms with Crippen molar-refractivity contribution in [3.05, 3.63) is 34.3 Å². The first-order valence-electron chi connectivity index (χ1n) is 4.09. The Morgan fingerprint density at radius 1 is 1.27 bits per heavy atom. The summed E-state index contributed by atoms with van der Waals surface area (Å²) in [7, 11) is -3.31. The Balaban J connectivity index is 2.95. The predicted molar refractivity (Wildman–Crippen MR) is 66.7 cm³/mol. The molecule has 0 radical (unpaired) electrons. The minimum absolute atomic E-state index is 0.561. The van der Waals surface area contributed by atoms with Crippen LogP contribution >= 0.6 is 31.9 Å². The highest BCUT2D eigenvalue weighted by molar-refractivity contribution is 9.11. The predicted octanol–water partition coefficient (Wildman–Crippen LogP) is 2.25. The third-order valence-electron chi connectivity index (χ3n) is 1.87. The summed E-state index contributed by atoms with van der Waals surface area (Å²) in [6.07, 6.45) is 0.0159. The van der Waals surface area contributed by atoms with Gasteiger partial charge in [0, 0.05) is 10.7 Å². The van der Waals surface area contributed by atoms with E-state index in [-0.39, 0.29) is 0 Å². The summed E-state index contributed by atoms with van der Waals surface area (Å²) < 4.78 is 22.3. The number of aliphatic hydroxyl groups is 1. The maximum absolute atomic E-state index is 11.2. The Morgan fingerprint density at radius 3 is 2.13 bits per heavy atom. The third kappa shape index (κ3) is 3.55. The van der Waals surface area contributed by atoms with Gasteiger partial charge in [-0.2, -0.15) is 0 Å². The number of hydrogen-bond donors (Lipinski definition) is 1. The molecule has 0 aliphatic rings. The van der Waals surface area contributed by atoms with Crippen molar-refractivity contribution in [2.24, 2.45) is 0 Å². The lowest BCUT2D eigenvalue weighted by Gasteiger charge is -2.15. The molecule has 1 rings (SSSR count). The fourth-order valence-corrected chi connectivity index (χ4v) is 2.24. The van der Waals surface area contributed by atoms with Gasteiger partial charge in [-0.3, -0.25) is 0 Å². The molecule has 0 spiro atoms. The number of halogens is 2. The Bertz CT molecular complexity index is 427. The van der Waals surface area contributed by atoms with E-state index in [0.717, 1.165) is 10.7 Å². The van der Waals surface area contributed by atoms with Crippen LogP contribution in [0.3, 0.4) is 0 Å². The highest BCUT2D eigenvalue weighted by Gasteiger charge is 2.26. The Hall–Kier alpha value is 0.0900. The molecule has 6 heteroatoms. The molecule has 84 valence electrons. The molecule has 0 saturated carbocycles. The summed E-state index contributed by atoms with van der Waals surface area (Å²) in [5.74, 6) is 0. The monoisotopic (exact) mass is 356 g/mol. The van der Waals surface area contributed by atoms with Gasteiger partial charge in [0.15, 0.2) is 9.84 Å². The van der Waals surface area contributed by atoms with Gasteiger partial charge in [0.05, 0.1) is 0 Å². The number of benzene rings is 1. The normalized spacial score (nSPS) is 16.0. The van der Waals surface area contributed by atoms with Crippen LogP contribution in [-0.2, 0) is 9.84 Å². The highest BCUT2D eigenvalue weighted by Crippen LogP contribution is 2.27. The van der Waals surface area contributed by atoms with Crippen LogP contribution in [-0.4, -0.2) is 23.9 Å². The second kappa shape index (κ2) is 4.95. The van der Waals surface area contributed by atoms with Gasteiger partial charge in [-0.05, 0) is 17.7 Å². The van der Waals surface area contributed by atoms with Crippen LogP contribution < -0.4 is 0 Å². The van der Waals surface area contributed by atoms with Crippen LogP contribution in [0.25, 0.3) is 0 Å². The molecule has 0 aliphatic carbocycles. The Kier molecular flexibility index (Phi) is 4.34. The molecule has 1 aromatic carbocycles. The fraction of sp³-hybridized carbons (Fsp3) is 0.333. The molecule has 0 saturated heterocycles. The van der Waals surface area contributed by atoms with E-state index < -0.39 is 20.1 Å². The first-order valence-corrected chi connectivity index (χ1v) is 7.75. The van der Waals surface area contributed by atoms with E-state index in [0.29, 0.717) is 5.56 Å². The van der Waals surface area contributed by atoms with Crippen LogP contribution in [0.2, 0.25) is 0 Å². The molecule has 1 aromatic rings. The lowest BCUT2D eigenvalue weighted by molar-refractivity contribution is 0.195. The van der Waals surface area contributed by atoms with E-state index in [2.05, 4.69) is 31.9 Å². The van der Waals surface area contributed by atoms with Crippen molar-refractivity contribution in [2.75, 3.05) is 6.26 Å². The second-order valence-electron chi connectivity index (χ2n) is 3.18. The van der Waals surface area contributed by atoms with E-state index in [1.807, 2.05) is 0 Å². The maximum Gasteiger partial charge on any atom is 0.163 e. The second-order valence-corrected chi connectivity index (χ2v) is 7.85. The summed E-state index contributed by atoms with van der Waals surface area (Å²) in [6, 6.07) is 6.85. The van der Waals surface area contributed by atoms with Gasteiger partial charge in [-0.15, -0.1) is 0 Å². The zero-order valence-corrected chi connectivity index (χ0v) is 11.9. The number of rotatable bonds is 3. The van der Waals surface area contributed by atoms with E-state index in [1.54, 1.807) is 24.3 Å². The van der Waals surface area contributed by atoms with E-state index >= 15 is 0 Å². The van der Waals surface area contributed by atoms with Crippen LogP contribution in [0.15, 0.2) is 28.7 Å². The average molecular weight is 358 g/mol. The van der Waals surface area contributed by atoms with Gasteiger partial charge < -0.3 is 5.11 Å². The molecule has 0 amide bonds. The standard InChI is InChI=1S/C9H10Br2O3S/c1-15(13,14)9(11)8(12)6-2-4-7(10)5-3-6/h2-5,8-9,12H,1H3/t8-,9+/m1/s1. The lowest BCUT2D eigenvalue weighted by Crippen LogP contribution is -2.21. The molecule has 15 heavy (non-hydrogen) atoms. The molecular formula is C9H10Br2O3S. The molecule has 0 aromatic heterocycles. The van der Waals surface area contributed by atoms with Crippen molar-refractivity contribution < 1.29 is 13.5 Å². The molecule has 0 aliphatic heterocycles. The van der Waals surface area contributed by atoms with Gasteiger partial charge in [0.1, 0.15) is 10.3 Å². The van der Waals surface area contributed by atoms with Gasteiger partial charge in [0.2, 0.25) is 0 Å². The minimum atomic E-state index is -3.31. The summed E-state index contributed by atoms with van der Waals surface area (Å²) in [5.41, 5.74) is 0.561. The molecule has 1 N–H and O–H groups in total. The maximum atomic E-state index is 11.2. The molecule has 0 unspecified atom stereocenters. The third-order valence-corrected chi connectivity index (χ3v) is 6.01. The van der Waals surface area contributed by atoms with Gasteiger partial charge in [0.25, 0.3) is 0 Å². The topological polar surface area (TPSA) is 54.4 Å². The van der Waals surface area contributed by atoms with Gasteiger partial charge >= 0.3 is 0 Å². The zero-order chi connectivity index (χ0) is 11.6. The molecule has 3 nitrogen and oxygen atoms in total. The largest absolute Gasteiger partial charge is 0.386 e. The van der Waals surface area contributed by atoms with Crippen molar-refractivity contribution in [2.45, 2.75) is 10.3 Å². The van der Waals surface area contributed by atoms with Crippen LogP contribution in [0.1, 0.15) is 11.7 Å². The average Bonchev–Trinajstić information content (AvgIpc) is 2.15. The van der Waals surface area contributed by atoms with Gasteiger partial charge in [-0.25, -0.2) is 8.42 Å². The molecule has 0 fully saturated rings. The van der Waals surface area contributed by atoms with Crippen LogP contribution in [0.5, 0.6) is 0 Å². The van der Waals surface area contributed by atoms with Crippen LogP contribution in [0, 0.1) is 0 Å². The summed E-state index contributed by atoms with van der Waals surface area (Å²) >= 11 is 6.23. The number of sulfone groups is 1. The lowest BCUT2D eigenvalue weighted by atomic mass is 10.1. The van der Waals surface area contributed by atoms with Crippen LogP contribution in [0.4, 0.5) is 0 Å². The van der Waals surface area contributed by atoms with Crippen molar-refractivity contribution in [1.82, 2.24) is 0 Å². The Labute approximate surface area is 106 Å². The molecule has 0 heterocycles. The fourth-order valence-electron chi connectivity index (χ4n) is 1.05. The SMILES string of the molecule is CS(=O)(=O)[C@H](Br)[C@H](O)c1ccc(Br)cc1. The highest BCUT2D eigenvalue weighted by atomic mass is 79.9. The first-order chi connectivity index (χ1) is 6.82. The van der Waals surface area contributed by atoms with E-state index in [4.69, 9.17) is 0 Å². The van der Waals surface area contributed by atoms with Crippen molar-refractivity contribution in [3.8, 4) is 0 Å². The summed E-state index contributed by atoms with van der Waals surface area (Å²) in [6.45, 7) is 0. The Morgan fingerprint density at radius 2 is 1.73 bits per heavy atom. The van der Waals surface area contributed by atoms with Crippen molar-refractivity contribution in [3.63, 3.8) is 0 Å². The quantitative estimate of drug-likeness (QED) is 0.844. The zero-order valence-electron chi connectivity index (χ0n) is 7.89. The van der Waals surface area contributed by atoms with E-state index in [1.165, 1.54) is 0 Å². The van der Waals surface area contributed by atoms with E-state index in [9.17, 15) is 13.5 Å². The molecule has 0 bridgehead atoms. The minimum Gasteiger partial charge on any atom is -0.386 e. The number of aliphatic hydroxyl groups excluding tert-OH is 1. The smallest absolute Gasteiger partial charge is 0.163 e. The van der Waals surface area contributed by atoms with Crippen molar-refractivity contribution in [1.29, 1.82) is 0 Å². The summed E-state index contributed by atoms with van der Waals surface area (Å²) in [4.78, 5) is 0. The first kappa shape index (κ1) is 13.2. The molecule has 2 atom stereocenters. The number of hydrogen-bond acceptors (Lipinski definition) is 3. The molecular weight excluding hydrogens is 348 g/mol. The van der Waals surface area contributed by atoms with Crippen molar-refractivity contribution >= 4 is 41.7 Å².